The van der Waals surface area contributed by atoms with Crippen molar-refractivity contribution >= 4 is 29.1 Å². The number of rotatable bonds is 7. The molecule has 0 bridgehead atoms. The number of halogens is 2. The Hall–Kier alpha value is -1.81. The molecular formula is C25H30Cl2N2O. The predicted octanol–water partition coefficient (Wildman–Crippen LogP) is 6.37. The van der Waals surface area contributed by atoms with Crippen LogP contribution in [0.1, 0.15) is 56.2 Å². The lowest BCUT2D eigenvalue weighted by Gasteiger charge is -2.51. The zero-order valence-electron chi connectivity index (χ0n) is 17.7. The summed E-state index contributed by atoms with van der Waals surface area (Å²) in [7, 11) is 0. The lowest BCUT2D eigenvalue weighted by Crippen LogP contribution is -2.55. The second-order valence-corrected chi connectivity index (χ2v) is 9.43. The number of carbonyl (C=O) groups excluding carboxylic acids is 1. The number of hydrogen-bond acceptors (Lipinski definition) is 2. The van der Waals surface area contributed by atoms with Crippen LogP contribution in [0.3, 0.4) is 0 Å². The van der Waals surface area contributed by atoms with Crippen molar-refractivity contribution in [2.24, 2.45) is 11.1 Å². The average Bonchev–Trinajstić information content (AvgIpc) is 2.71. The lowest BCUT2D eigenvalue weighted by atomic mass is 9.67. The van der Waals surface area contributed by atoms with Crippen LogP contribution < -0.4 is 5.73 Å². The van der Waals surface area contributed by atoms with E-state index < -0.39 is 5.41 Å². The van der Waals surface area contributed by atoms with Gasteiger partial charge in [-0.2, -0.15) is 0 Å². The number of likely N-dealkylation sites (tertiary alicyclic amines) is 1. The summed E-state index contributed by atoms with van der Waals surface area (Å²) in [6.07, 6.45) is 3.93. The van der Waals surface area contributed by atoms with E-state index in [-0.39, 0.29) is 23.9 Å². The number of piperidine rings is 1. The number of carbonyl (C=O) groups is 1. The van der Waals surface area contributed by atoms with Crippen LogP contribution in [0.25, 0.3) is 0 Å². The summed E-state index contributed by atoms with van der Waals surface area (Å²) >= 11 is 12.5. The second kappa shape index (κ2) is 9.55. The van der Waals surface area contributed by atoms with E-state index in [9.17, 15) is 4.79 Å². The molecule has 0 radical (unpaired) electrons. The summed E-state index contributed by atoms with van der Waals surface area (Å²) in [4.78, 5) is 15.9. The topological polar surface area (TPSA) is 46.3 Å². The van der Waals surface area contributed by atoms with Crippen molar-refractivity contribution in [3.63, 3.8) is 0 Å². The summed E-state index contributed by atoms with van der Waals surface area (Å²) in [6, 6.07) is 15.7. The Morgan fingerprint density at radius 3 is 2.50 bits per heavy atom. The van der Waals surface area contributed by atoms with Gasteiger partial charge in [0, 0.05) is 22.0 Å². The maximum Gasteiger partial charge on any atom is 0.229 e. The minimum absolute atomic E-state index is 0.00861. The summed E-state index contributed by atoms with van der Waals surface area (Å²) in [6.45, 7) is 8.58. The van der Waals surface area contributed by atoms with Gasteiger partial charge in [0.05, 0.1) is 11.5 Å². The third kappa shape index (κ3) is 4.59. The Balaban J connectivity index is 2.19. The third-order valence-electron chi connectivity index (χ3n) is 6.24. The minimum Gasteiger partial charge on any atom is -0.332 e. The van der Waals surface area contributed by atoms with E-state index >= 15 is 0 Å². The molecule has 0 aliphatic carbocycles. The molecule has 4 atom stereocenters. The molecule has 1 amide bonds. The summed E-state index contributed by atoms with van der Waals surface area (Å²) in [5, 5.41) is 1.38. The van der Waals surface area contributed by atoms with E-state index in [1.807, 2.05) is 48.5 Å². The number of benzene rings is 2. The fraction of sp³-hybridized carbons (Fsp3) is 0.400. The van der Waals surface area contributed by atoms with Crippen LogP contribution in [0.4, 0.5) is 0 Å². The first-order valence-electron chi connectivity index (χ1n) is 10.5. The van der Waals surface area contributed by atoms with Gasteiger partial charge in [-0.25, -0.2) is 0 Å². The number of hydrogen-bond donors (Lipinski definition) is 1. The van der Waals surface area contributed by atoms with Crippen LogP contribution >= 0.6 is 23.2 Å². The molecule has 2 aromatic carbocycles. The van der Waals surface area contributed by atoms with Crippen molar-refractivity contribution in [2.75, 3.05) is 6.54 Å². The van der Waals surface area contributed by atoms with E-state index in [0.717, 1.165) is 24.0 Å². The molecule has 2 N–H and O–H groups in total. The SMILES string of the molecule is C=CC[C@@]1(C)C[C@H](c2cccc(Cl)c2)[C@@H](c2ccc(Cl)cc2)N([C@@H](C)CCN)C1=O. The molecule has 0 unspecified atom stereocenters. The summed E-state index contributed by atoms with van der Waals surface area (Å²) in [5.41, 5.74) is 7.57. The fourth-order valence-electron chi connectivity index (χ4n) is 4.75. The van der Waals surface area contributed by atoms with E-state index in [4.69, 9.17) is 28.9 Å². The van der Waals surface area contributed by atoms with Crippen LogP contribution in [0, 0.1) is 5.41 Å². The highest BCUT2D eigenvalue weighted by Crippen LogP contribution is 2.52. The van der Waals surface area contributed by atoms with Crippen LogP contribution in [-0.4, -0.2) is 23.4 Å². The maximum atomic E-state index is 13.8. The second-order valence-electron chi connectivity index (χ2n) is 8.55. The van der Waals surface area contributed by atoms with Crippen molar-refractivity contribution in [3.05, 3.63) is 82.4 Å². The fourth-order valence-corrected chi connectivity index (χ4v) is 5.07. The predicted molar refractivity (Wildman–Crippen MR) is 126 cm³/mol. The molecule has 0 aromatic heterocycles. The molecule has 5 heteroatoms. The van der Waals surface area contributed by atoms with Gasteiger partial charge in [-0.3, -0.25) is 4.79 Å². The van der Waals surface area contributed by atoms with Gasteiger partial charge in [0.15, 0.2) is 0 Å². The molecule has 3 nitrogen and oxygen atoms in total. The van der Waals surface area contributed by atoms with Crippen molar-refractivity contribution in [3.8, 4) is 0 Å². The molecule has 0 saturated carbocycles. The van der Waals surface area contributed by atoms with Gasteiger partial charge in [0.1, 0.15) is 0 Å². The molecule has 1 saturated heterocycles. The highest BCUT2D eigenvalue weighted by atomic mass is 35.5. The quantitative estimate of drug-likeness (QED) is 0.504. The summed E-state index contributed by atoms with van der Waals surface area (Å²) in [5.74, 6) is 0.245. The maximum absolute atomic E-state index is 13.8. The first-order chi connectivity index (χ1) is 14.3. The number of nitrogens with zero attached hydrogens (tertiary/aromatic N) is 1. The molecular weight excluding hydrogens is 415 g/mol. The average molecular weight is 445 g/mol. The molecule has 0 spiro atoms. The molecule has 1 fully saturated rings. The number of allylic oxidation sites excluding steroid dienone is 1. The molecule has 30 heavy (non-hydrogen) atoms. The van der Waals surface area contributed by atoms with Crippen molar-refractivity contribution in [2.45, 2.75) is 51.1 Å². The highest BCUT2D eigenvalue weighted by molar-refractivity contribution is 6.30. The van der Waals surface area contributed by atoms with Crippen molar-refractivity contribution in [1.82, 2.24) is 4.90 Å². The Labute approximate surface area is 189 Å². The van der Waals surface area contributed by atoms with Crippen molar-refractivity contribution in [1.29, 1.82) is 0 Å². The minimum atomic E-state index is -0.527. The van der Waals surface area contributed by atoms with Gasteiger partial charge in [-0.15, -0.1) is 6.58 Å². The Morgan fingerprint density at radius 2 is 1.90 bits per heavy atom. The third-order valence-corrected chi connectivity index (χ3v) is 6.73. The van der Waals surface area contributed by atoms with Gasteiger partial charge in [-0.05, 0) is 68.1 Å². The van der Waals surface area contributed by atoms with E-state index in [1.54, 1.807) is 0 Å². The van der Waals surface area contributed by atoms with Crippen LogP contribution in [0.15, 0.2) is 61.2 Å². The number of nitrogens with two attached hydrogens (primary N) is 1. The smallest absolute Gasteiger partial charge is 0.229 e. The largest absolute Gasteiger partial charge is 0.332 e. The van der Waals surface area contributed by atoms with Gasteiger partial charge in [-0.1, -0.05) is 60.5 Å². The van der Waals surface area contributed by atoms with Crippen LogP contribution in [0.2, 0.25) is 10.0 Å². The Kier molecular flexibility index (Phi) is 7.28. The van der Waals surface area contributed by atoms with Gasteiger partial charge < -0.3 is 10.6 Å². The van der Waals surface area contributed by atoms with E-state index in [0.29, 0.717) is 23.0 Å². The lowest BCUT2D eigenvalue weighted by molar-refractivity contribution is -0.154. The number of amides is 1. The molecule has 1 heterocycles. The normalized spacial score (nSPS) is 25.2. The molecule has 160 valence electrons. The Morgan fingerprint density at radius 1 is 1.20 bits per heavy atom. The molecule has 2 aromatic rings. The summed E-state index contributed by atoms with van der Waals surface area (Å²) < 4.78 is 0. The Bertz CT molecular complexity index is 898. The highest BCUT2D eigenvalue weighted by Gasteiger charge is 2.50. The van der Waals surface area contributed by atoms with Crippen LogP contribution in [0.5, 0.6) is 0 Å². The van der Waals surface area contributed by atoms with Gasteiger partial charge in [0.25, 0.3) is 0 Å². The standard InChI is InChI=1S/C25H30Cl2N2O/c1-4-13-25(3)16-22(19-6-5-7-21(27)15-19)23(18-8-10-20(26)11-9-18)29(24(25)30)17(2)12-14-28/h4-11,15,17,22-23H,1,12-14,16,28H2,2-3H3/t17-,22+,23+,25-/m0/s1. The molecule has 3 rings (SSSR count). The van der Waals surface area contributed by atoms with Gasteiger partial charge in [0.2, 0.25) is 5.91 Å². The van der Waals surface area contributed by atoms with Crippen molar-refractivity contribution < 1.29 is 4.79 Å². The zero-order valence-corrected chi connectivity index (χ0v) is 19.2. The van der Waals surface area contributed by atoms with E-state index in [1.165, 1.54) is 0 Å². The van der Waals surface area contributed by atoms with Crippen LogP contribution in [-0.2, 0) is 4.79 Å². The molecule has 1 aliphatic heterocycles. The first kappa shape index (κ1) is 22.9. The molecule has 1 aliphatic rings. The first-order valence-corrected chi connectivity index (χ1v) is 11.2. The zero-order chi connectivity index (χ0) is 21.9. The van der Waals surface area contributed by atoms with E-state index in [2.05, 4.69) is 31.4 Å². The van der Waals surface area contributed by atoms with Gasteiger partial charge >= 0.3 is 0 Å². The monoisotopic (exact) mass is 444 g/mol.